The van der Waals surface area contributed by atoms with E-state index in [1.807, 2.05) is 4.98 Å². The van der Waals surface area contributed by atoms with E-state index >= 15 is 0 Å². The monoisotopic (exact) mass is 188 g/mol. The number of hydrogen-bond acceptors (Lipinski definition) is 5. The number of nitrogens with zero attached hydrogens (tertiary/aromatic N) is 1. The van der Waals surface area contributed by atoms with Gasteiger partial charge in [0.2, 0.25) is 0 Å². The van der Waals surface area contributed by atoms with Gasteiger partial charge in [-0.1, -0.05) is 0 Å². The molecule has 0 spiro atoms. The molecule has 0 atom stereocenters. The second kappa shape index (κ2) is 2.74. The Morgan fingerprint density at radius 3 is 2.50 bits per heavy atom. The van der Waals surface area contributed by atoms with Crippen LogP contribution in [0.2, 0.25) is 0 Å². The van der Waals surface area contributed by atoms with Crippen LogP contribution in [0.5, 0.6) is 0 Å². The second-order valence-corrected chi connectivity index (χ2v) is 2.34. The molecule has 1 heterocycles. The maximum atomic E-state index is 10.8. The number of nitro groups is 1. The van der Waals surface area contributed by atoms with Crippen molar-refractivity contribution in [2.75, 3.05) is 5.73 Å². The van der Waals surface area contributed by atoms with Crippen molar-refractivity contribution in [2.24, 2.45) is 0 Å². The van der Waals surface area contributed by atoms with Gasteiger partial charge < -0.3 is 10.7 Å². The second-order valence-electron chi connectivity index (χ2n) is 1.93. The van der Waals surface area contributed by atoms with E-state index in [9.17, 15) is 14.9 Å². The minimum Gasteiger partial charge on any atom is -0.379 e. The lowest BCUT2D eigenvalue weighted by molar-refractivity contribution is -0.385. The molecule has 4 N–H and O–H groups in total. The maximum Gasteiger partial charge on any atom is 0.373 e. The van der Waals surface area contributed by atoms with Crippen molar-refractivity contribution < 1.29 is 4.92 Å². The molecule has 1 aromatic rings. The Bertz CT molecular complexity index is 433. The summed E-state index contributed by atoms with van der Waals surface area (Å²) in [5.41, 5.74) is 3.52. The molecular formula is C4H4N4O3S. The molecule has 1 rings (SSSR count). The summed E-state index contributed by atoms with van der Waals surface area (Å²) in [7, 11) is 0. The van der Waals surface area contributed by atoms with Crippen LogP contribution in [0.3, 0.4) is 0 Å². The van der Waals surface area contributed by atoms with Crippen LogP contribution < -0.4 is 11.3 Å². The van der Waals surface area contributed by atoms with Gasteiger partial charge in [0, 0.05) is 0 Å². The third-order valence-electron chi connectivity index (χ3n) is 1.13. The number of aromatic nitrogens is 2. The summed E-state index contributed by atoms with van der Waals surface area (Å²) in [5, 5.41) is 10.2. The Morgan fingerprint density at radius 2 is 2.08 bits per heavy atom. The van der Waals surface area contributed by atoms with Crippen molar-refractivity contribution in [3.8, 4) is 0 Å². The predicted molar refractivity (Wildman–Crippen MR) is 43.3 cm³/mol. The molecule has 0 aliphatic carbocycles. The van der Waals surface area contributed by atoms with Gasteiger partial charge in [0.1, 0.15) is 0 Å². The molecule has 0 aromatic carbocycles. The van der Waals surface area contributed by atoms with Gasteiger partial charge in [-0.2, -0.15) is 0 Å². The molecule has 0 saturated carbocycles. The molecule has 12 heavy (non-hydrogen) atoms. The lowest BCUT2D eigenvalue weighted by atomic mass is 10.5. The minimum absolute atomic E-state index is 0.0388. The van der Waals surface area contributed by atoms with E-state index in [-0.39, 0.29) is 10.6 Å². The number of aromatic amines is 2. The fourth-order valence-corrected chi connectivity index (χ4v) is 0.881. The van der Waals surface area contributed by atoms with Gasteiger partial charge in [-0.15, -0.1) is 0 Å². The van der Waals surface area contributed by atoms with Gasteiger partial charge >= 0.3 is 11.2 Å². The average Bonchev–Trinajstić information content (AvgIpc) is 1.82. The lowest BCUT2D eigenvalue weighted by Crippen LogP contribution is -2.15. The zero-order chi connectivity index (χ0) is 9.30. The summed E-state index contributed by atoms with van der Waals surface area (Å²) in [6, 6.07) is 0. The third kappa shape index (κ3) is 1.32. The molecule has 0 aliphatic heterocycles. The normalized spacial score (nSPS) is 9.67. The number of nitrogens with two attached hydrogens (primary N) is 1. The van der Waals surface area contributed by atoms with E-state index in [0.29, 0.717) is 0 Å². The highest BCUT2D eigenvalue weighted by molar-refractivity contribution is 7.71. The summed E-state index contributed by atoms with van der Waals surface area (Å²) in [6.45, 7) is 0. The Hall–Kier alpha value is -1.70. The van der Waals surface area contributed by atoms with Crippen molar-refractivity contribution in [3.05, 3.63) is 25.2 Å². The average molecular weight is 188 g/mol. The van der Waals surface area contributed by atoms with Gasteiger partial charge in [0.05, 0.1) is 4.92 Å². The van der Waals surface area contributed by atoms with Crippen LogP contribution >= 0.6 is 12.2 Å². The van der Waals surface area contributed by atoms with Crippen molar-refractivity contribution in [1.29, 1.82) is 0 Å². The van der Waals surface area contributed by atoms with Crippen molar-refractivity contribution >= 4 is 23.7 Å². The molecule has 1 aromatic heterocycles. The molecule has 0 fully saturated rings. The van der Waals surface area contributed by atoms with E-state index in [1.165, 1.54) is 0 Å². The van der Waals surface area contributed by atoms with Crippen LogP contribution in [0.4, 0.5) is 11.5 Å². The van der Waals surface area contributed by atoms with Crippen molar-refractivity contribution in [2.45, 2.75) is 0 Å². The molecular weight excluding hydrogens is 184 g/mol. The highest BCUT2D eigenvalue weighted by Crippen LogP contribution is 2.09. The first kappa shape index (κ1) is 8.40. The van der Waals surface area contributed by atoms with E-state index in [4.69, 9.17) is 5.73 Å². The topological polar surface area (TPSA) is 118 Å². The molecule has 0 bridgehead atoms. The van der Waals surface area contributed by atoms with Gasteiger partial charge in [-0.05, 0) is 12.2 Å². The highest BCUT2D eigenvalue weighted by atomic mass is 32.1. The first-order valence-corrected chi connectivity index (χ1v) is 3.19. The highest BCUT2D eigenvalue weighted by Gasteiger charge is 2.16. The Morgan fingerprint density at radius 1 is 1.50 bits per heavy atom. The smallest absolute Gasteiger partial charge is 0.373 e. The van der Waals surface area contributed by atoms with Crippen molar-refractivity contribution in [3.63, 3.8) is 0 Å². The summed E-state index contributed by atoms with van der Waals surface area (Å²) >= 11 is 4.52. The number of H-pyrrole nitrogens is 2. The number of rotatable bonds is 1. The predicted octanol–water partition coefficient (Wildman–Crippen LogP) is -0.0771. The summed E-state index contributed by atoms with van der Waals surface area (Å²) in [4.78, 5) is 24.5. The first-order valence-electron chi connectivity index (χ1n) is 2.79. The quantitative estimate of drug-likeness (QED) is 0.323. The maximum absolute atomic E-state index is 10.8. The van der Waals surface area contributed by atoms with Crippen molar-refractivity contribution in [1.82, 2.24) is 9.97 Å². The molecule has 0 aliphatic rings. The summed E-state index contributed by atoms with van der Waals surface area (Å²) in [5.74, 6) is -0.339. The molecule has 0 saturated heterocycles. The first-order chi connectivity index (χ1) is 5.52. The van der Waals surface area contributed by atoms with E-state index < -0.39 is 16.2 Å². The Kier molecular flexibility index (Phi) is 1.92. The lowest BCUT2D eigenvalue weighted by Gasteiger charge is -1.93. The van der Waals surface area contributed by atoms with Crippen LogP contribution in [0.15, 0.2) is 4.79 Å². The van der Waals surface area contributed by atoms with Gasteiger partial charge in [-0.3, -0.25) is 19.9 Å². The van der Waals surface area contributed by atoms with E-state index in [1.54, 1.807) is 0 Å². The Balaban J connectivity index is 3.60. The number of nitrogen functional groups attached to an aromatic ring is 1. The third-order valence-corrected chi connectivity index (χ3v) is 1.33. The number of hydrogen-bond donors (Lipinski definition) is 3. The zero-order valence-electron chi connectivity index (χ0n) is 5.66. The van der Waals surface area contributed by atoms with Crippen LogP contribution in [-0.4, -0.2) is 14.9 Å². The number of nitrogens with one attached hydrogen (secondary N) is 2. The SMILES string of the molecule is Nc1[nH]c(=S)[nH]c(=O)c1[N+](=O)[O-]. The largest absolute Gasteiger partial charge is 0.379 e. The van der Waals surface area contributed by atoms with E-state index in [0.717, 1.165) is 0 Å². The molecule has 0 radical (unpaired) electrons. The summed E-state index contributed by atoms with van der Waals surface area (Å²) < 4.78 is -0.0388. The van der Waals surface area contributed by atoms with Gasteiger partial charge in [-0.25, -0.2) is 0 Å². The van der Waals surface area contributed by atoms with Crippen LogP contribution in [-0.2, 0) is 0 Å². The molecule has 8 heteroatoms. The fraction of sp³-hybridized carbons (Fsp3) is 0. The van der Waals surface area contributed by atoms with Crippen LogP contribution in [0.25, 0.3) is 0 Å². The van der Waals surface area contributed by atoms with E-state index in [2.05, 4.69) is 17.2 Å². The standard InChI is InChI=1S/C4H4N4O3S/c5-2-1(8(10)11)3(9)7-4(12)6-2/h(H4,5,6,7,9,12). The summed E-state index contributed by atoms with van der Waals surface area (Å²) in [6.07, 6.45) is 0. The minimum atomic E-state index is -0.902. The fourth-order valence-electron chi connectivity index (χ4n) is 0.679. The molecule has 7 nitrogen and oxygen atoms in total. The number of anilines is 1. The molecule has 0 unspecified atom stereocenters. The van der Waals surface area contributed by atoms with Gasteiger partial charge in [0.25, 0.3) is 0 Å². The van der Waals surface area contributed by atoms with Crippen LogP contribution in [0.1, 0.15) is 0 Å². The molecule has 64 valence electrons. The van der Waals surface area contributed by atoms with Gasteiger partial charge in [0.15, 0.2) is 10.6 Å². The zero-order valence-corrected chi connectivity index (χ0v) is 6.47. The van der Waals surface area contributed by atoms with Crippen LogP contribution in [0, 0.1) is 14.9 Å². The Labute approximate surface area is 70.4 Å². The molecule has 0 amide bonds.